The molecule has 0 bridgehead atoms. The largest absolute Gasteiger partial charge is 0.372 e. The monoisotopic (exact) mass is 274 g/mol. The second-order valence-corrected chi connectivity index (χ2v) is 6.54. The average molecular weight is 275 g/mol. The van der Waals surface area contributed by atoms with Gasteiger partial charge in [0.15, 0.2) is 0 Å². The molecule has 3 heteroatoms. The molecule has 0 aliphatic heterocycles. The first-order chi connectivity index (χ1) is 6.60. The van der Waals surface area contributed by atoms with Gasteiger partial charge in [-0.15, -0.1) is 11.3 Å². The van der Waals surface area contributed by atoms with E-state index < -0.39 is 0 Å². The molecule has 0 aromatic carbocycles. The Kier molecular flexibility index (Phi) is 3.01. The Bertz CT molecular complexity index is 294. The molecule has 1 saturated carbocycles. The number of hydrogen-bond donors (Lipinski definition) is 0. The molecular formula is C11H15BrOS. The van der Waals surface area contributed by atoms with Gasteiger partial charge in [-0.1, -0.05) is 35.8 Å². The van der Waals surface area contributed by atoms with Gasteiger partial charge in [0.2, 0.25) is 0 Å². The third-order valence-electron chi connectivity index (χ3n) is 3.07. The van der Waals surface area contributed by atoms with Gasteiger partial charge in [-0.25, -0.2) is 0 Å². The Labute approximate surface area is 97.6 Å². The number of alkyl halides is 1. The number of hydrogen-bond acceptors (Lipinski definition) is 2. The molecule has 2 rings (SSSR count). The maximum Gasteiger partial charge on any atom is 0.0813 e. The minimum absolute atomic E-state index is 0.289. The number of halogens is 1. The van der Waals surface area contributed by atoms with Crippen LogP contribution in [0.3, 0.4) is 0 Å². The summed E-state index contributed by atoms with van der Waals surface area (Å²) in [6, 6.07) is 4.20. The van der Waals surface area contributed by atoms with E-state index in [4.69, 9.17) is 4.74 Å². The molecule has 1 aromatic heterocycles. The molecule has 1 nitrogen and oxygen atoms in total. The van der Waals surface area contributed by atoms with Crippen molar-refractivity contribution < 1.29 is 4.74 Å². The van der Waals surface area contributed by atoms with Gasteiger partial charge in [0, 0.05) is 15.1 Å². The molecule has 1 aliphatic rings. The van der Waals surface area contributed by atoms with E-state index in [0.29, 0.717) is 10.9 Å². The molecule has 1 heterocycles. The molecular weight excluding hydrogens is 260 g/mol. The zero-order valence-corrected chi connectivity index (χ0v) is 10.9. The Morgan fingerprint density at radius 3 is 2.93 bits per heavy atom. The van der Waals surface area contributed by atoms with Crippen LogP contribution < -0.4 is 0 Å². The van der Waals surface area contributed by atoms with Crippen molar-refractivity contribution in [3.63, 3.8) is 0 Å². The summed E-state index contributed by atoms with van der Waals surface area (Å²) in [5.74, 6) is 0. The van der Waals surface area contributed by atoms with Crippen LogP contribution in [0.25, 0.3) is 0 Å². The summed E-state index contributed by atoms with van der Waals surface area (Å²) in [5, 5.41) is 2.10. The molecule has 2 unspecified atom stereocenters. The van der Waals surface area contributed by atoms with Crippen molar-refractivity contribution in [2.45, 2.75) is 37.8 Å². The fraction of sp³-hybridized carbons (Fsp3) is 0.636. The highest BCUT2D eigenvalue weighted by Crippen LogP contribution is 2.47. The minimum atomic E-state index is 0.289. The molecule has 1 aliphatic carbocycles. The van der Waals surface area contributed by atoms with Gasteiger partial charge in [-0.3, -0.25) is 0 Å². The topological polar surface area (TPSA) is 9.23 Å². The fourth-order valence-corrected chi connectivity index (χ4v) is 2.96. The molecule has 1 fully saturated rings. The molecule has 14 heavy (non-hydrogen) atoms. The lowest BCUT2D eigenvalue weighted by Crippen LogP contribution is -2.51. The van der Waals surface area contributed by atoms with Gasteiger partial charge in [0.25, 0.3) is 0 Å². The summed E-state index contributed by atoms with van der Waals surface area (Å²) >= 11 is 5.43. The summed E-state index contributed by atoms with van der Waals surface area (Å²) in [6.45, 7) is 5.29. The van der Waals surface area contributed by atoms with E-state index >= 15 is 0 Å². The van der Waals surface area contributed by atoms with E-state index in [1.165, 1.54) is 4.88 Å². The van der Waals surface area contributed by atoms with E-state index in [9.17, 15) is 0 Å². The summed E-state index contributed by atoms with van der Waals surface area (Å²) in [7, 11) is 0. The maximum absolute atomic E-state index is 5.89. The number of ether oxygens (including phenoxy) is 1. The van der Waals surface area contributed by atoms with Crippen molar-refractivity contribution in [1.29, 1.82) is 0 Å². The second-order valence-electron chi connectivity index (χ2n) is 4.40. The van der Waals surface area contributed by atoms with Crippen LogP contribution in [0.1, 0.15) is 25.1 Å². The third kappa shape index (κ3) is 1.90. The minimum Gasteiger partial charge on any atom is -0.372 e. The number of thiophene rings is 1. The Hall–Kier alpha value is 0.140. The lowest BCUT2D eigenvalue weighted by molar-refractivity contribution is -0.0924. The lowest BCUT2D eigenvalue weighted by atomic mass is 9.69. The average Bonchev–Trinajstić information content (AvgIpc) is 2.64. The zero-order chi connectivity index (χ0) is 10.2. The second kappa shape index (κ2) is 3.95. The van der Waals surface area contributed by atoms with Gasteiger partial charge in [-0.2, -0.15) is 0 Å². The van der Waals surface area contributed by atoms with Gasteiger partial charge in [0.1, 0.15) is 0 Å². The zero-order valence-electron chi connectivity index (χ0n) is 8.50. The first-order valence-corrected chi connectivity index (χ1v) is 6.68. The highest BCUT2D eigenvalue weighted by atomic mass is 79.9. The molecule has 0 N–H and O–H groups in total. The summed E-state index contributed by atoms with van der Waals surface area (Å²) < 4.78 is 5.89. The van der Waals surface area contributed by atoms with Crippen molar-refractivity contribution in [1.82, 2.24) is 0 Å². The summed E-state index contributed by atoms with van der Waals surface area (Å²) in [5.41, 5.74) is 0.289. The van der Waals surface area contributed by atoms with E-state index in [1.807, 2.05) is 0 Å². The Balaban J connectivity index is 1.83. The van der Waals surface area contributed by atoms with Gasteiger partial charge in [0.05, 0.1) is 12.7 Å². The van der Waals surface area contributed by atoms with Crippen LogP contribution in [-0.4, -0.2) is 10.9 Å². The predicted octanol–water partition coefficient (Wildman–Crippen LogP) is 3.83. The van der Waals surface area contributed by atoms with Gasteiger partial charge in [-0.05, 0) is 17.9 Å². The SMILES string of the molecule is CC1(C)C(Br)CC1OCc1cccs1. The first-order valence-electron chi connectivity index (χ1n) is 4.89. The lowest BCUT2D eigenvalue weighted by Gasteiger charge is -2.48. The Morgan fingerprint density at radius 2 is 2.43 bits per heavy atom. The maximum atomic E-state index is 5.89. The standard InChI is InChI=1S/C11H15BrOS/c1-11(2)9(12)6-10(11)13-7-8-4-3-5-14-8/h3-5,9-10H,6-7H2,1-2H3. The van der Waals surface area contributed by atoms with Crippen LogP contribution in [-0.2, 0) is 11.3 Å². The van der Waals surface area contributed by atoms with E-state index in [2.05, 4.69) is 47.3 Å². The van der Waals surface area contributed by atoms with Crippen LogP contribution >= 0.6 is 27.3 Å². The van der Waals surface area contributed by atoms with Crippen LogP contribution in [0.15, 0.2) is 17.5 Å². The molecule has 0 amide bonds. The van der Waals surface area contributed by atoms with Crippen molar-refractivity contribution >= 4 is 27.3 Å². The van der Waals surface area contributed by atoms with Crippen molar-refractivity contribution in [3.8, 4) is 0 Å². The van der Waals surface area contributed by atoms with Gasteiger partial charge >= 0.3 is 0 Å². The van der Waals surface area contributed by atoms with Crippen LogP contribution in [0.4, 0.5) is 0 Å². The normalized spacial score (nSPS) is 29.9. The van der Waals surface area contributed by atoms with Crippen molar-refractivity contribution in [2.75, 3.05) is 0 Å². The summed E-state index contributed by atoms with van der Waals surface area (Å²) in [6.07, 6.45) is 1.55. The van der Waals surface area contributed by atoms with E-state index in [-0.39, 0.29) is 5.41 Å². The predicted molar refractivity (Wildman–Crippen MR) is 64.0 cm³/mol. The smallest absolute Gasteiger partial charge is 0.0813 e. The molecule has 1 aromatic rings. The third-order valence-corrected chi connectivity index (χ3v) is 5.47. The van der Waals surface area contributed by atoms with Crippen LogP contribution in [0.5, 0.6) is 0 Å². The highest BCUT2D eigenvalue weighted by molar-refractivity contribution is 9.09. The molecule has 0 saturated heterocycles. The summed E-state index contributed by atoms with van der Waals surface area (Å²) in [4.78, 5) is 1.93. The fourth-order valence-electron chi connectivity index (χ4n) is 1.70. The van der Waals surface area contributed by atoms with E-state index in [1.54, 1.807) is 11.3 Å². The van der Waals surface area contributed by atoms with Crippen LogP contribution in [0.2, 0.25) is 0 Å². The molecule has 0 spiro atoms. The quantitative estimate of drug-likeness (QED) is 0.762. The van der Waals surface area contributed by atoms with Crippen molar-refractivity contribution in [2.24, 2.45) is 5.41 Å². The molecule has 2 atom stereocenters. The first kappa shape index (κ1) is 10.7. The highest BCUT2D eigenvalue weighted by Gasteiger charge is 2.47. The van der Waals surface area contributed by atoms with Crippen molar-refractivity contribution in [3.05, 3.63) is 22.4 Å². The van der Waals surface area contributed by atoms with Crippen LogP contribution in [0, 0.1) is 5.41 Å². The number of rotatable bonds is 3. The molecule has 78 valence electrons. The molecule has 0 radical (unpaired) electrons. The van der Waals surface area contributed by atoms with Gasteiger partial charge < -0.3 is 4.74 Å². The Morgan fingerprint density at radius 1 is 1.64 bits per heavy atom. The van der Waals surface area contributed by atoms with E-state index in [0.717, 1.165) is 13.0 Å².